The van der Waals surface area contributed by atoms with Crippen LogP contribution in [0.2, 0.25) is 10.0 Å². The molecule has 2 aromatic carbocycles. The van der Waals surface area contributed by atoms with Crippen LogP contribution in [0.25, 0.3) is 33.3 Å². The van der Waals surface area contributed by atoms with Gasteiger partial charge in [0.05, 0.1) is 38.5 Å². The van der Waals surface area contributed by atoms with Gasteiger partial charge in [-0.25, -0.2) is 9.97 Å². The summed E-state index contributed by atoms with van der Waals surface area (Å²) < 4.78 is 2.13. The smallest absolute Gasteiger partial charge is 0.149 e. The molecule has 0 aliphatic heterocycles. The summed E-state index contributed by atoms with van der Waals surface area (Å²) in [5.41, 5.74) is 4.40. The van der Waals surface area contributed by atoms with E-state index >= 15 is 0 Å². The highest BCUT2D eigenvalue weighted by molar-refractivity contribution is 6.35. The lowest BCUT2D eigenvalue weighted by Crippen LogP contribution is -2.01. The number of para-hydroxylation sites is 2. The monoisotopic (exact) mass is 447 g/mol. The van der Waals surface area contributed by atoms with Gasteiger partial charge in [-0.2, -0.15) is 0 Å². The van der Waals surface area contributed by atoms with Crippen LogP contribution in [-0.4, -0.2) is 19.5 Å². The Bertz CT molecular complexity index is 1410. The van der Waals surface area contributed by atoms with Crippen molar-refractivity contribution in [1.29, 1.82) is 0 Å². The van der Waals surface area contributed by atoms with E-state index in [-0.39, 0.29) is 0 Å². The Balaban J connectivity index is 1.52. The van der Waals surface area contributed by atoms with E-state index in [0.29, 0.717) is 15.9 Å². The van der Waals surface area contributed by atoms with E-state index in [1.165, 1.54) is 0 Å². The van der Waals surface area contributed by atoms with Crippen LogP contribution in [0.4, 0.5) is 11.5 Å². The number of imidazole rings is 1. The molecular formula is C24H19Cl2N5. The second-order valence-electron chi connectivity index (χ2n) is 7.29. The van der Waals surface area contributed by atoms with Crippen LogP contribution >= 0.6 is 23.2 Å². The molecule has 0 unspecified atom stereocenters. The van der Waals surface area contributed by atoms with Crippen molar-refractivity contribution in [3.05, 3.63) is 77.0 Å². The second-order valence-corrected chi connectivity index (χ2v) is 8.11. The molecule has 0 amide bonds. The van der Waals surface area contributed by atoms with E-state index in [0.717, 1.165) is 52.0 Å². The van der Waals surface area contributed by atoms with E-state index < -0.39 is 0 Å². The molecule has 5 aromatic rings. The fourth-order valence-electron chi connectivity index (χ4n) is 3.73. The number of hydrogen-bond acceptors (Lipinski definition) is 4. The molecule has 1 N–H and O–H groups in total. The zero-order chi connectivity index (χ0) is 21.4. The second kappa shape index (κ2) is 8.17. The molecule has 0 saturated carbocycles. The summed E-state index contributed by atoms with van der Waals surface area (Å²) in [6.45, 7) is 2.93. The van der Waals surface area contributed by atoms with Gasteiger partial charge in [0, 0.05) is 23.7 Å². The Hall–Kier alpha value is -3.15. The number of aromatic nitrogens is 4. The first-order chi connectivity index (χ1) is 15.1. The molecule has 0 atom stereocenters. The number of aryl methyl sites for hydroxylation is 1. The Morgan fingerprint density at radius 3 is 2.58 bits per heavy atom. The number of nitrogens with zero attached hydrogens (tertiary/aromatic N) is 4. The van der Waals surface area contributed by atoms with Crippen molar-refractivity contribution in [1.82, 2.24) is 19.5 Å². The van der Waals surface area contributed by atoms with E-state index in [9.17, 15) is 0 Å². The lowest BCUT2D eigenvalue weighted by atomic mass is 10.2. The summed E-state index contributed by atoms with van der Waals surface area (Å²) in [6.07, 6.45) is 4.51. The molecule has 154 valence electrons. The minimum atomic E-state index is 0.506. The van der Waals surface area contributed by atoms with Crippen LogP contribution in [0.5, 0.6) is 0 Å². The predicted molar refractivity (Wildman–Crippen MR) is 128 cm³/mol. The lowest BCUT2D eigenvalue weighted by molar-refractivity contribution is 0.704. The van der Waals surface area contributed by atoms with Gasteiger partial charge in [0.25, 0.3) is 0 Å². The summed E-state index contributed by atoms with van der Waals surface area (Å²) in [5, 5.41) is 5.50. The number of benzene rings is 2. The van der Waals surface area contributed by atoms with Crippen LogP contribution in [-0.2, 0) is 6.54 Å². The molecule has 3 heterocycles. The molecule has 0 aliphatic carbocycles. The first-order valence-corrected chi connectivity index (χ1v) is 10.8. The molecule has 5 nitrogen and oxygen atoms in total. The van der Waals surface area contributed by atoms with Crippen molar-refractivity contribution in [2.45, 2.75) is 19.9 Å². The van der Waals surface area contributed by atoms with Crippen molar-refractivity contribution in [2.75, 3.05) is 5.32 Å². The van der Waals surface area contributed by atoms with Gasteiger partial charge in [0.1, 0.15) is 11.6 Å². The van der Waals surface area contributed by atoms with Crippen molar-refractivity contribution in [3.63, 3.8) is 0 Å². The van der Waals surface area contributed by atoms with Gasteiger partial charge in [-0.3, -0.25) is 4.98 Å². The SMILES string of the molecule is CCCn1c(-c2cnc(Nc3cnc4ccccc4c3)c(Cl)c2)nc2cccc(Cl)c21. The fraction of sp³-hybridized carbons (Fsp3) is 0.125. The van der Waals surface area contributed by atoms with Crippen molar-refractivity contribution >= 4 is 56.6 Å². The summed E-state index contributed by atoms with van der Waals surface area (Å²) in [5.74, 6) is 1.37. The maximum absolute atomic E-state index is 6.60. The topological polar surface area (TPSA) is 55.6 Å². The predicted octanol–water partition coefficient (Wildman–Crippen LogP) is 7.11. The van der Waals surface area contributed by atoms with Crippen molar-refractivity contribution < 1.29 is 0 Å². The molecular weight excluding hydrogens is 429 g/mol. The minimum absolute atomic E-state index is 0.506. The van der Waals surface area contributed by atoms with Crippen molar-refractivity contribution in [3.8, 4) is 11.4 Å². The number of rotatable bonds is 5. The van der Waals surface area contributed by atoms with Crippen LogP contribution < -0.4 is 5.32 Å². The Labute approximate surface area is 189 Å². The third kappa shape index (κ3) is 3.71. The van der Waals surface area contributed by atoms with Crippen LogP contribution in [0, 0.1) is 0 Å². The van der Waals surface area contributed by atoms with Crippen LogP contribution in [0.3, 0.4) is 0 Å². The van der Waals surface area contributed by atoms with Crippen LogP contribution in [0.15, 0.2) is 67.0 Å². The number of anilines is 2. The maximum Gasteiger partial charge on any atom is 0.149 e. The number of hydrogen-bond donors (Lipinski definition) is 1. The molecule has 5 rings (SSSR count). The Morgan fingerprint density at radius 1 is 0.903 bits per heavy atom. The van der Waals surface area contributed by atoms with Gasteiger partial charge >= 0.3 is 0 Å². The normalized spacial score (nSPS) is 11.3. The van der Waals surface area contributed by atoms with E-state index in [1.54, 1.807) is 12.4 Å². The molecule has 7 heteroatoms. The summed E-state index contributed by atoms with van der Waals surface area (Å²) >= 11 is 13.1. The number of nitrogens with one attached hydrogen (secondary N) is 1. The molecule has 0 saturated heterocycles. The Morgan fingerprint density at radius 2 is 1.74 bits per heavy atom. The van der Waals surface area contributed by atoms with Gasteiger partial charge in [0.2, 0.25) is 0 Å². The zero-order valence-corrected chi connectivity index (χ0v) is 18.3. The molecule has 0 aliphatic rings. The van der Waals surface area contributed by atoms with Crippen LogP contribution in [0.1, 0.15) is 13.3 Å². The molecule has 0 radical (unpaired) electrons. The minimum Gasteiger partial charge on any atom is -0.338 e. The van der Waals surface area contributed by atoms with E-state index in [4.69, 9.17) is 28.2 Å². The molecule has 0 bridgehead atoms. The van der Waals surface area contributed by atoms with Gasteiger partial charge in [-0.15, -0.1) is 0 Å². The molecule has 0 fully saturated rings. The van der Waals surface area contributed by atoms with Gasteiger partial charge in [0.15, 0.2) is 0 Å². The third-order valence-corrected chi connectivity index (χ3v) is 5.71. The van der Waals surface area contributed by atoms with Gasteiger partial charge in [-0.05, 0) is 36.8 Å². The lowest BCUT2D eigenvalue weighted by Gasteiger charge is -2.11. The quantitative estimate of drug-likeness (QED) is 0.311. The molecule has 3 aromatic heterocycles. The number of halogens is 2. The summed E-state index contributed by atoms with van der Waals surface area (Å²) in [6, 6.07) is 17.6. The maximum atomic E-state index is 6.60. The standard InChI is InChI=1S/C24H19Cl2N5/c1-2-10-31-22-18(25)7-5-9-21(22)30-24(31)16-12-19(26)23(28-13-16)29-17-11-15-6-3-4-8-20(15)27-14-17/h3-9,11-14H,2,10H2,1H3,(H,28,29). The average Bonchev–Trinajstić information content (AvgIpc) is 3.15. The third-order valence-electron chi connectivity index (χ3n) is 5.12. The highest BCUT2D eigenvalue weighted by atomic mass is 35.5. The number of fused-ring (bicyclic) bond motifs is 2. The highest BCUT2D eigenvalue weighted by Gasteiger charge is 2.16. The summed E-state index contributed by atoms with van der Waals surface area (Å²) in [7, 11) is 0. The average molecular weight is 448 g/mol. The van der Waals surface area contributed by atoms with Crippen molar-refractivity contribution in [2.24, 2.45) is 0 Å². The molecule has 0 spiro atoms. The first-order valence-electron chi connectivity index (χ1n) is 10.1. The largest absolute Gasteiger partial charge is 0.338 e. The number of pyridine rings is 2. The highest BCUT2D eigenvalue weighted by Crippen LogP contribution is 2.33. The van der Waals surface area contributed by atoms with Gasteiger partial charge in [-0.1, -0.05) is 54.4 Å². The zero-order valence-electron chi connectivity index (χ0n) is 16.8. The fourth-order valence-corrected chi connectivity index (χ4v) is 4.22. The van der Waals surface area contributed by atoms with Gasteiger partial charge < -0.3 is 9.88 Å². The summed E-state index contributed by atoms with van der Waals surface area (Å²) in [4.78, 5) is 13.8. The molecule has 31 heavy (non-hydrogen) atoms. The van der Waals surface area contributed by atoms with E-state index in [1.807, 2.05) is 54.6 Å². The first kappa shape index (κ1) is 19.8. The van der Waals surface area contributed by atoms with E-state index in [2.05, 4.69) is 26.8 Å². The Kier molecular flexibility index (Phi) is 5.22.